The molecule has 1 aliphatic carbocycles. The third-order valence-electron chi connectivity index (χ3n) is 2.71. The fourth-order valence-corrected chi connectivity index (χ4v) is 2.04. The van der Waals surface area contributed by atoms with Crippen molar-refractivity contribution in [2.75, 3.05) is 0 Å². The topological polar surface area (TPSA) is 26.0 Å². The van der Waals surface area contributed by atoms with Gasteiger partial charge in [0.1, 0.15) is 0 Å². The van der Waals surface area contributed by atoms with Crippen LogP contribution in [0, 0.1) is 5.92 Å². The first kappa shape index (κ1) is 13.0. The molecule has 0 radical (unpaired) electrons. The van der Waals surface area contributed by atoms with Gasteiger partial charge in [0.15, 0.2) is 0 Å². The minimum absolute atomic E-state index is 0.102. The van der Waals surface area contributed by atoms with Crippen molar-refractivity contribution in [1.29, 1.82) is 0 Å². The van der Waals surface area contributed by atoms with E-state index in [2.05, 4.69) is 0 Å². The van der Waals surface area contributed by atoms with Gasteiger partial charge < -0.3 is 5.73 Å². The average Bonchev–Trinajstić information content (AvgIpc) is 2.07. The van der Waals surface area contributed by atoms with Gasteiger partial charge in [-0.2, -0.15) is 22.0 Å². The lowest BCUT2D eigenvalue weighted by molar-refractivity contribution is -0.305. The number of halogens is 6. The van der Waals surface area contributed by atoms with Gasteiger partial charge >= 0.3 is 12.1 Å². The summed E-state index contributed by atoms with van der Waals surface area (Å²) in [5.41, 5.74) is 5.43. The SMILES string of the molecule is NC1CCC(C(F)(F)C(F)(F)F)CC1Cl. The normalized spacial score (nSPS) is 34.2. The van der Waals surface area contributed by atoms with Crippen LogP contribution in [0.2, 0.25) is 0 Å². The molecule has 1 rings (SSSR count). The lowest BCUT2D eigenvalue weighted by Gasteiger charge is -2.35. The molecule has 0 spiro atoms. The summed E-state index contributed by atoms with van der Waals surface area (Å²) in [6, 6.07) is -0.494. The molecule has 1 nitrogen and oxygen atoms in total. The highest BCUT2D eigenvalue weighted by Crippen LogP contribution is 2.47. The summed E-state index contributed by atoms with van der Waals surface area (Å²) < 4.78 is 61.8. The molecule has 1 saturated carbocycles. The van der Waals surface area contributed by atoms with Gasteiger partial charge in [-0.05, 0) is 19.3 Å². The number of hydrogen-bond acceptors (Lipinski definition) is 1. The summed E-state index contributed by atoms with van der Waals surface area (Å²) in [7, 11) is 0. The highest BCUT2D eigenvalue weighted by atomic mass is 35.5. The molecule has 0 amide bonds. The highest BCUT2D eigenvalue weighted by molar-refractivity contribution is 6.21. The Hall–Kier alpha value is -0.100. The van der Waals surface area contributed by atoms with E-state index < -0.39 is 35.9 Å². The van der Waals surface area contributed by atoms with Crippen molar-refractivity contribution in [2.45, 2.75) is 42.8 Å². The first-order chi connectivity index (χ1) is 6.66. The molecule has 0 saturated heterocycles. The van der Waals surface area contributed by atoms with Gasteiger partial charge in [0.05, 0.1) is 0 Å². The van der Waals surface area contributed by atoms with E-state index in [4.69, 9.17) is 17.3 Å². The fraction of sp³-hybridized carbons (Fsp3) is 1.00. The Balaban J connectivity index is 2.73. The molecule has 1 fully saturated rings. The van der Waals surface area contributed by atoms with Crippen molar-refractivity contribution in [1.82, 2.24) is 0 Å². The number of nitrogens with two attached hydrogens (primary N) is 1. The van der Waals surface area contributed by atoms with E-state index in [-0.39, 0.29) is 12.8 Å². The second-order valence-corrected chi connectivity index (χ2v) is 4.37. The van der Waals surface area contributed by atoms with Crippen LogP contribution >= 0.6 is 11.6 Å². The molecular formula is C8H11ClF5N. The molecule has 3 unspecified atom stereocenters. The van der Waals surface area contributed by atoms with Crippen LogP contribution in [-0.2, 0) is 0 Å². The van der Waals surface area contributed by atoms with Gasteiger partial charge in [0, 0.05) is 17.3 Å². The van der Waals surface area contributed by atoms with Gasteiger partial charge in [0.2, 0.25) is 0 Å². The zero-order chi connectivity index (χ0) is 11.9. The molecule has 15 heavy (non-hydrogen) atoms. The first-order valence-electron chi connectivity index (χ1n) is 4.50. The summed E-state index contributed by atoms with van der Waals surface area (Å²) in [6.07, 6.45) is -6.04. The van der Waals surface area contributed by atoms with Crippen molar-refractivity contribution in [3.05, 3.63) is 0 Å². The molecule has 7 heteroatoms. The van der Waals surface area contributed by atoms with E-state index in [0.29, 0.717) is 0 Å². The molecule has 0 aromatic rings. The lowest BCUT2D eigenvalue weighted by atomic mass is 9.82. The summed E-state index contributed by atoms with van der Waals surface area (Å²) in [5.74, 6) is -6.42. The first-order valence-corrected chi connectivity index (χ1v) is 4.94. The van der Waals surface area contributed by atoms with Crippen molar-refractivity contribution in [2.24, 2.45) is 11.7 Å². The zero-order valence-electron chi connectivity index (χ0n) is 7.70. The Morgan fingerprint density at radius 2 is 1.60 bits per heavy atom. The predicted molar refractivity (Wildman–Crippen MR) is 46.0 cm³/mol. The molecule has 1 aliphatic rings. The second kappa shape index (κ2) is 4.05. The number of hydrogen-bond donors (Lipinski definition) is 1. The fourth-order valence-electron chi connectivity index (χ4n) is 1.70. The lowest BCUT2D eigenvalue weighted by Crippen LogP contribution is -2.49. The van der Waals surface area contributed by atoms with E-state index >= 15 is 0 Å². The maximum absolute atomic E-state index is 12.9. The molecule has 2 N–H and O–H groups in total. The quantitative estimate of drug-likeness (QED) is 0.563. The van der Waals surface area contributed by atoms with Crippen molar-refractivity contribution in [3.8, 4) is 0 Å². The zero-order valence-corrected chi connectivity index (χ0v) is 8.45. The van der Waals surface area contributed by atoms with Crippen LogP contribution in [0.15, 0.2) is 0 Å². The molecular weight excluding hydrogens is 241 g/mol. The van der Waals surface area contributed by atoms with E-state index in [1.165, 1.54) is 0 Å². The van der Waals surface area contributed by atoms with Crippen molar-refractivity contribution in [3.63, 3.8) is 0 Å². The van der Waals surface area contributed by atoms with Crippen molar-refractivity contribution >= 4 is 11.6 Å². The van der Waals surface area contributed by atoms with Crippen LogP contribution in [0.1, 0.15) is 19.3 Å². The number of rotatable bonds is 1. The van der Waals surface area contributed by atoms with Gasteiger partial charge in [-0.25, -0.2) is 0 Å². The molecule has 0 aliphatic heterocycles. The molecule has 0 heterocycles. The van der Waals surface area contributed by atoms with Crippen LogP contribution in [0.3, 0.4) is 0 Å². The Labute approximate surface area is 88.8 Å². The van der Waals surface area contributed by atoms with Gasteiger partial charge in [-0.15, -0.1) is 11.6 Å². The maximum atomic E-state index is 12.9. The van der Waals surface area contributed by atoms with Gasteiger partial charge in [0.25, 0.3) is 0 Å². The van der Waals surface area contributed by atoms with E-state index in [9.17, 15) is 22.0 Å². The van der Waals surface area contributed by atoms with Gasteiger partial charge in [-0.1, -0.05) is 0 Å². The average molecular weight is 252 g/mol. The Bertz CT molecular complexity index is 230. The predicted octanol–water partition coefficient (Wildman–Crippen LogP) is 2.92. The third-order valence-corrected chi connectivity index (χ3v) is 3.22. The maximum Gasteiger partial charge on any atom is 0.453 e. The Morgan fingerprint density at radius 3 is 2.00 bits per heavy atom. The highest BCUT2D eigenvalue weighted by Gasteiger charge is 2.62. The minimum atomic E-state index is -5.50. The van der Waals surface area contributed by atoms with Crippen LogP contribution in [-0.4, -0.2) is 23.5 Å². The van der Waals surface area contributed by atoms with Crippen LogP contribution in [0.4, 0.5) is 22.0 Å². The summed E-state index contributed by atoms with van der Waals surface area (Å²) in [4.78, 5) is 0. The van der Waals surface area contributed by atoms with E-state index in [1.54, 1.807) is 0 Å². The smallest absolute Gasteiger partial charge is 0.326 e. The van der Waals surface area contributed by atoms with Crippen LogP contribution < -0.4 is 5.73 Å². The summed E-state index contributed by atoms with van der Waals surface area (Å²) in [5, 5.41) is -0.808. The molecule has 0 aromatic carbocycles. The molecule has 0 aromatic heterocycles. The Morgan fingerprint density at radius 1 is 1.07 bits per heavy atom. The van der Waals surface area contributed by atoms with Crippen molar-refractivity contribution < 1.29 is 22.0 Å². The third kappa shape index (κ3) is 2.53. The second-order valence-electron chi connectivity index (χ2n) is 3.81. The summed E-state index contributed by atoms with van der Waals surface area (Å²) in [6.45, 7) is 0. The van der Waals surface area contributed by atoms with E-state index in [0.717, 1.165) is 0 Å². The Kier molecular flexibility index (Phi) is 3.50. The minimum Gasteiger partial charge on any atom is -0.326 e. The van der Waals surface area contributed by atoms with E-state index in [1.807, 2.05) is 0 Å². The largest absolute Gasteiger partial charge is 0.453 e. The number of alkyl halides is 6. The standard InChI is InChI=1S/C8H11ClF5N/c9-5-3-4(1-2-6(5)15)7(10,11)8(12,13)14/h4-6H,1-3,15H2. The molecule has 3 atom stereocenters. The summed E-state index contributed by atoms with van der Waals surface area (Å²) >= 11 is 5.59. The van der Waals surface area contributed by atoms with Crippen LogP contribution in [0.25, 0.3) is 0 Å². The molecule has 90 valence electrons. The monoisotopic (exact) mass is 251 g/mol. The van der Waals surface area contributed by atoms with Crippen LogP contribution in [0.5, 0.6) is 0 Å². The molecule has 0 bridgehead atoms. The van der Waals surface area contributed by atoms with Gasteiger partial charge in [-0.3, -0.25) is 0 Å².